The van der Waals surface area contributed by atoms with Gasteiger partial charge in [-0.2, -0.15) is 0 Å². The highest BCUT2D eigenvalue weighted by Gasteiger charge is 2.11. The smallest absolute Gasteiger partial charge is 0.203 e. The van der Waals surface area contributed by atoms with E-state index in [-0.39, 0.29) is 0 Å². The van der Waals surface area contributed by atoms with Gasteiger partial charge in [-0.15, -0.1) is 0 Å². The number of unbranched alkanes of at least 4 members (excludes halogenated alkanes) is 1. The van der Waals surface area contributed by atoms with Crippen molar-refractivity contribution in [2.45, 2.75) is 59.0 Å². The molecular formula is C14H27N3O. The van der Waals surface area contributed by atoms with Crippen LogP contribution in [0.3, 0.4) is 0 Å². The molecule has 0 saturated heterocycles. The summed E-state index contributed by atoms with van der Waals surface area (Å²) in [7, 11) is 1.75. The van der Waals surface area contributed by atoms with Gasteiger partial charge in [-0.25, -0.2) is 4.98 Å². The molecule has 1 N–H and O–H groups in total. The molecule has 1 aromatic heterocycles. The molecule has 0 bridgehead atoms. The summed E-state index contributed by atoms with van der Waals surface area (Å²) < 4.78 is 7.48. The predicted octanol–water partition coefficient (Wildman–Crippen LogP) is 3.22. The molecule has 0 spiro atoms. The zero-order chi connectivity index (χ0) is 13.4. The highest BCUT2D eigenvalue weighted by molar-refractivity contribution is 5.30. The maximum Gasteiger partial charge on any atom is 0.203 e. The SMILES string of the molecule is CCCCn1cc(C)nc1NC(CCC)COC. The van der Waals surface area contributed by atoms with Crippen LogP contribution < -0.4 is 5.32 Å². The summed E-state index contributed by atoms with van der Waals surface area (Å²) in [5, 5.41) is 3.51. The van der Waals surface area contributed by atoms with Crippen molar-refractivity contribution in [3.8, 4) is 0 Å². The van der Waals surface area contributed by atoms with Crippen molar-refractivity contribution in [1.82, 2.24) is 9.55 Å². The minimum atomic E-state index is 0.349. The number of aromatic nitrogens is 2. The molecule has 1 atom stereocenters. The van der Waals surface area contributed by atoms with Gasteiger partial charge in [-0.1, -0.05) is 26.7 Å². The molecule has 0 aliphatic carbocycles. The van der Waals surface area contributed by atoms with Crippen LogP contribution in [0.1, 0.15) is 45.2 Å². The molecule has 1 aromatic rings. The molecule has 4 heteroatoms. The Balaban J connectivity index is 2.67. The minimum Gasteiger partial charge on any atom is -0.383 e. The van der Waals surface area contributed by atoms with Gasteiger partial charge in [0.1, 0.15) is 0 Å². The molecule has 0 radical (unpaired) electrons. The molecule has 1 heterocycles. The van der Waals surface area contributed by atoms with Gasteiger partial charge in [0, 0.05) is 19.9 Å². The summed E-state index contributed by atoms with van der Waals surface area (Å²) in [6, 6.07) is 0.349. The Kier molecular flexibility index (Phi) is 6.80. The number of aryl methyl sites for hydroxylation is 2. The largest absolute Gasteiger partial charge is 0.383 e. The Labute approximate surface area is 111 Å². The lowest BCUT2D eigenvalue weighted by atomic mass is 10.2. The number of imidazole rings is 1. The third-order valence-corrected chi connectivity index (χ3v) is 2.99. The molecule has 0 amide bonds. The summed E-state index contributed by atoms with van der Waals surface area (Å²) in [5.74, 6) is 0.983. The van der Waals surface area contributed by atoms with Gasteiger partial charge in [0.2, 0.25) is 5.95 Å². The molecular weight excluding hydrogens is 226 g/mol. The standard InChI is InChI=1S/C14H27N3O/c1-5-7-9-17-10-12(3)15-14(17)16-13(8-6-2)11-18-4/h10,13H,5-9,11H2,1-4H3,(H,15,16). The third kappa shape index (κ3) is 4.69. The zero-order valence-electron chi connectivity index (χ0n) is 12.2. The monoisotopic (exact) mass is 253 g/mol. The van der Waals surface area contributed by atoms with Crippen LogP contribution in [0.2, 0.25) is 0 Å². The summed E-state index contributed by atoms with van der Waals surface area (Å²) in [6.45, 7) is 8.21. The van der Waals surface area contributed by atoms with Crippen LogP contribution in [-0.4, -0.2) is 29.3 Å². The first-order valence-corrected chi connectivity index (χ1v) is 7.00. The van der Waals surface area contributed by atoms with Gasteiger partial charge in [-0.05, 0) is 19.8 Å². The Morgan fingerprint density at radius 1 is 1.39 bits per heavy atom. The highest BCUT2D eigenvalue weighted by atomic mass is 16.5. The fraction of sp³-hybridized carbons (Fsp3) is 0.786. The average molecular weight is 253 g/mol. The van der Waals surface area contributed by atoms with E-state index in [1.165, 1.54) is 12.8 Å². The number of hydrogen-bond donors (Lipinski definition) is 1. The third-order valence-electron chi connectivity index (χ3n) is 2.99. The lowest BCUT2D eigenvalue weighted by Gasteiger charge is -2.18. The number of anilines is 1. The first-order chi connectivity index (χ1) is 8.71. The number of nitrogens with one attached hydrogen (secondary N) is 1. The first-order valence-electron chi connectivity index (χ1n) is 7.00. The van der Waals surface area contributed by atoms with Crippen LogP contribution in [0.5, 0.6) is 0 Å². The molecule has 0 fully saturated rings. The second-order valence-electron chi connectivity index (χ2n) is 4.84. The van der Waals surface area contributed by atoms with Crippen molar-refractivity contribution in [2.24, 2.45) is 0 Å². The molecule has 18 heavy (non-hydrogen) atoms. The normalized spacial score (nSPS) is 12.7. The predicted molar refractivity (Wildman–Crippen MR) is 76.1 cm³/mol. The van der Waals surface area contributed by atoms with Crippen LogP contribution in [0.15, 0.2) is 6.20 Å². The van der Waals surface area contributed by atoms with Crippen LogP contribution in [0, 0.1) is 6.92 Å². The second kappa shape index (κ2) is 8.14. The molecule has 0 saturated carbocycles. The maximum atomic E-state index is 5.26. The van der Waals surface area contributed by atoms with Crippen molar-refractivity contribution < 1.29 is 4.74 Å². The quantitative estimate of drug-likeness (QED) is 0.734. The van der Waals surface area contributed by atoms with Gasteiger partial charge in [0.25, 0.3) is 0 Å². The van der Waals surface area contributed by atoms with Gasteiger partial charge >= 0.3 is 0 Å². The fourth-order valence-corrected chi connectivity index (χ4v) is 2.09. The number of nitrogens with zero attached hydrogens (tertiary/aromatic N) is 2. The Hall–Kier alpha value is -1.03. The van der Waals surface area contributed by atoms with Crippen LogP contribution in [0.25, 0.3) is 0 Å². The molecule has 0 aromatic carbocycles. The van der Waals surface area contributed by atoms with E-state index in [2.05, 4.69) is 34.9 Å². The van der Waals surface area contributed by atoms with Crippen molar-refractivity contribution in [3.05, 3.63) is 11.9 Å². The minimum absolute atomic E-state index is 0.349. The molecule has 4 nitrogen and oxygen atoms in total. The van der Waals surface area contributed by atoms with Crippen molar-refractivity contribution in [1.29, 1.82) is 0 Å². The van der Waals surface area contributed by atoms with E-state index < -0.39 is 0 Å². The Morgan fingerprint density at radius 3 is 2.78 bits per heavy atom. The van der Waals surface area contributed by atoms with Crippen LogP contribution in [0.4, 0.5) is 5.95 Å². The molecule has 1 unspecified atom stereocenters. The summed E-state index contributed by atoms with van der Waals surface area (Å²) in [5.41, 5.74) is 1.07. The average Bonchev–Trinajstić information content (AvgIpc) is 2.67. The number of rotatable bonds is 9. The molecule has 0 aliphatic rings. The van der Waals surface area contributed by atoms with Gasteiger partial charge in [-0.3, -0.25) is 0 Å². The summed E-state index contributed by atoms with van der Waals surface area (Å²) in [6.07, 6.45) is 6.76. The topological polar surface area (TPSA) is 39.1 Å². The number of hydrogen-bond acceptors (Lipinski definition) is 3. The lowest BCUT2D eigenvalue weighted by Crippen LogP contribution is -2.26. The number of ether oxygens (including phenoxy) is 1. The zero-order valence-corrected chi connectivity index (χ0v) is 12.2. The fourth-order valence-electron chi connectivity index (χ4n) is 2.09. The van der Waals surface area contributed by atoms with Crippen LogP contribution >= 0.6 is 0 Å². The van der Waals surface area contributed by atoms with E-state index >= 15 is 0 Å². The van der Waals surface area contributed by atoms with E-state index in [4.69, 9.17) is 4.74 Å². The van der Waals surface area contributed by atoms with E-state index in [1.807, 2.05) is 6.92 Å². The van der Waals surface area contributed by atoms with E-state index in [0.29, 0.717) is 6.04 Å². The lowest BCUT2D eigenvalue weighted by molar-refractivity contribution is 0.182. The highest BCUT2D eigenvalue weighted by Crippen LogP contribution is 2.13. The van der Waals surface area contributed by atoms with Crippen LogP contribution in [-0.2, 0) is 11.3 Å². The van der Waals surface area contributed by atoms with E-state index in [0.717, 1.165) is 37.6 Å². The Bertz CT molecular complexity index is 330. The Morgan fingerprint density at radius 2 is 2.17 bits per heavy atom. The molecule has 104 valence electrons. The van der Waals surface area contributed by atoms with Gasteiger partial charge in [0.15, 0.2) is 0 Å². The van der Waals surface area contributed by atoms with Gasteiger partial charge < -0.3 is 14.6 Å². The van der Waals surface area contributed by atoms with Crippen molar-refractivity contribution >= 4 is 5.95 Å². The van der Waals surface area contributed by atoms with Crippen molar-refractivity contribution in [2.75, 3.05) is 19.0 Å². The summed E-state index contributed by atoms with van der Waals surface area (Å²) >= 11 is 0. The first kappa shape index (κ1) is 15.0. The molecule has 1 rings (SSSR count). The molecule has 0 aliphatic heterocycles. The van der Waals surface area contributed by atoms with E-state index in [1.54, 1.807) is 7.11 Å². The summed E-state index contributed by atoms with van der Waals surface area (Å²) in [4.78, 5) is 4.56. The van der Waals surface area contributed by atoms with Gasteiger partial charge in [0.05, 0.1) is 18.3 Å². The van der Waals surface area contributed by atoms with Crippen molar-refractivity contribution in [3.63, 3.8) is 0 Å². The van der Waals surface area contributed by atoms with E-state index in [9.17, 15) is 0 Å². The second-order valence-corrected chi connectivity index (χ2v) is 4.84. The maximum absolute atomic E-state index is 5.26. The number of methoxy groups -OCH3 is 1.